The molecule has 0 unspecified atom stereocenters. The van der Waals surface area contributed by atoms with Crippen LogP contribution in [0.1, 0.15) is 5.56 Å². The summed E-state index contributed by atoms with van der Waals surface area (Å²) in [5.74, 6) is 1.90. The van der Waals surface area contributed by atoms with Gasteiger partial charge in [-0.1, -0.05) is 41.1 Å². The van der Waals surface area contributed by atoms with E-state index in [4.69, 9.17) is 16.3 Å². The van der Waals surface area contributed by atoms with Gasteiger partial charge in [-0.25, -0.2) is 4.39 Å². The molecule has 0 amide bonds. The SMILES string of the molecule is Cc1ccc(OCCSc2nnc(-c3ccc(Cl)cc3)n2-c2ccc(F)cc2)cc1. The lowest BCUT2D eigenvalue weighted by molar-refractivity contribution is 0.344. The highest BCUT2D eigenvalue weighted by molar-refractivity contribution is 7.99. The first kappa shape index (κ1) is 20.4. The first-order valence-corrected chi connectivity index (χ1v) is 10.8. The lowest BCUT2D eigenvalue weighted by atomic mass is 10.2. The molecule has 4 aromatic rings. The highest BCUT2D eigenvalue weighted by Crippen LogP contribution is 2.29. The molecule has 152 valence electrons. The molecule has 0 aliphatic rings. The summed E-state index contributed by atoms with van der Waals surface area (Å²) < 4.78 is 21.2. The second-order valence-electron chi connectivity index (χ2n) is 6.63. The summed E-state index contributed by atoms with van der Waals surface area (Å²) in [5.41, 5.74) is 2.85. The van der Waals surface area contributed by atoms with Crippen LogP contribution in [-0.4, -0.2) is 27.1 Å². The molecule has 4 nitrogen and oxygen atoms in total. The fourth-order valence-electron chi connectivity index (χ4n) is 2.90. The standard InChI is InChI=1S/C23H19ClFN3OS/c1-16-2-12-21(13-3-16)29-14-15-30-23-27-26-22(17-4-6-18(24)7-5-17)28(23)20-10-8-19(25)9-11-20/h2-13H,14-15H2,1H3. The number of aryl methyl sites for hydroxylation is 1. The molecule has 30 heavy (non-hydrogen) atoms. The molecule has 1 heterocycles. The predicted octanol–water partition coefficient (Wildman–Crippen LogP) is 6.21. The molecule has 7 heteroatoms. The molecule has 0 aliphatic carbocycles. The maximum atomic E-state index is 13.5. The zero-order chi connectivity index (χ0) is 20.9. The van der Waals surface area contributed by atoms with Gasteiger partial charge in [0.25, 0.3) is 0 Å². The smallest absolute Gasteiger partial charge is 0.196 e. The molecular formula is C23H19ClFN3OS. The average Bonchev–Trinajstić information content (AvgIpc) is 3.17. The summed E-state index contributed by atoms with van der Waals surface area (Å²) in [7, 11) is 0. The van der Waals surface area contributed by atoms with Crippen LogP contribution in [0, 0.1) is 12.7 Å². The van der Waals surface area contributed by atoms with Gasteiger partial charge in [-0.05, 0) is 67.6 Å². The van der Waals surface area contributed by atoms with Gasteiger partial charge >= 0.3 is 0 Å². The number of hydrogen-bond acceptors (Lipinski definition) is 4. The predicted molar refractivity (Wildman–Crippen MR) is 119 cm³/mol. The van der Waals surface area contributed by atoms with E-state index in [1.54, 1.807) is 12.1 Å². The van der Waals surface area contributed by atoms with E-state index in [-0.39, 0.29) is 5.82 Å². The fourth-order valence-corrected chi connectivity index (χ4v) is 3.79. The molecule has 4 rings (SSSR count). The molecule has 0 saturated heterocycles. The minimum atomic E-state index is -0.291. The van der Waals surface area contributed by atoms with E-state index in [1.807, 2.05) is 60.0 Å². The van der Waals surface area contributed by atoms with E-state index < -0.39 is 0 Å². The quantitative estimate of drug-likeness (QED) is 0.253. The third-order valence-electron chi connectivity index (χ3n) is 4.42. The van der Waals surface area contributed by atoms with Crippen LogP contribution < -0.4 is 4.74 Å². The topological polar surface area (TPSA) is 39.9 Å². The maximum absolute atomic E-state index is 13.5. The van der Waals surface area contributed by atoms with E-state index in [0.29, 0.717) is 28.4 Å². The molecule has 3 aromatic carbocycles. The summed E-state index contributed by atoms with van der Waals surface area (Å²) in [4.78, 5) is 0. The van der Waals surface area contributed by atoms with E-state index in [0.717, 1.165) is 17.0 Å². The Hall–Kier alpha value is -2.83. The number of halogens is 2. The highest BCUT2D eigenvalue weighted by atomic mass is 35.5. The summed E-state index contributed by atoms with van der Waals surface area (Å²) >= 11 is 7.55. The Morgan fingerprint density at radius 3 is 2.33 bits per heavy atom. The molecule has 0 fully saturated rings. The first-order valence-electron chi connectivity index (χ1n) is 9.40. The zero-order valence-electron chi connectivity index (χ0n) is 16.3. The van der Waals surface area contributed by atoms with Gasteiger partial charge in [-0.2, -0.15) is 0 Å². The molecule has 1 aromatic heterocycles. The maximum Gasteiger partial charge on any atom is 0.196 e. The molecular weight excluding hydrogens is 421 g/mol. The van der Waals surface area contributed by atoms with Crippen LogP contribution in [-0.2, 0) is 0 Å². The molecule has 0 N–H and O–H groups in total. The normalized spacial score (nSPS) is 10.9. The highest BCUT2D eigenvalue weighted by Gasteiger charge is 2.16. The van der Waals surface area contributed by atoms with Gasteiger partial charge in [0.1, 0.15) is 11.6 Å². The van der Waals surface area contributed by atoms with Crippen LogP contribution in [0.2, 0.25) is 5.02 Å². The van der Waals surface area contributed by atoms with E-state index in [1.165, 1.54) is 29.5 Å². The number of ether oxygens (including phenoxy) is 1. The minimum absolute atomic E-state index is 0.291. The van der Waals surface area contributed by atoms with E-state index in [9.17, 15) is 4.39 Å². The fraction of sp³-hybridized carbons (Fsp3) is 0.130. The van der Waals surface area contributed by atoms with Crippen molar-refractivity contribution in [2.24, 2.45) is 0 Å². The zero-order valence-corrected chi connectivity index (χ0v) is 17.8. The second kappa shape index (κ2) is 9.32. The number of rotatable bonds is 7. The Morgan fingerprint density at radius 2 is 1.63 bits per heavy atom. The Labute approximate surface area is 183 Å². The van der Waals surface area contributed by atoms with Gasteiger partial charge in [-0.3, -0.25) is 4.57 Å². The van der Waals surface area contributed by atoms with Crippen LogP contribution in [0.25, 0.3) is 17.1 Å². The lowest BCUT2D eigenvalue weighted by Gasteiger charge is -2.11. The molecule has 0 radical (unpaired) electrons. The number of nitrogens with zero attached hydrogens (tertiary/aromatic N) is 3. The van der Waals surface area contributed by atoms with Crippen molar-refractivity contribution in [2.75, 3.05) is 12.4 Å². The average molecular weight is 440 g/mol. The molecule has 0 bridgehead atoms. The molecule has 0 saturated carbocycles. The van der Waals surface area contributed by atoms with Crippen molar-refractivity contribution in [1.82, 2.24) is 14.8 Å². The second-order valence-corrected chi connectivity index (χ2v) is 8.13. The Morgan fingerprint density at radius 1 is 0.933 bits per heavy atom. The van der Waals surface area contributed by atoms with Crippen molar-refractivity contribution in [1.29, 1.82) is 0 Å². The summed E-state index contributed by atoms with van der Waals surface area (Å²) in [5, 5.41) is 10.1. The van der Waals surface area contributed by atoms with Crippen LogP contribution >= 0.6 is 23.4 Å². The third-order valence-corrected chi connectivity index (χ3v) is 5.57. The van der Waals surface area contributed by atoms with E-state index >= 15 is 0 Å². The van der Waals surface area contributed by atoms with Crippen molar-refractivity contribution in [3.63, 3.8) is 0 Å². The van der Waals surface area contributed by atoms with Crippen molar-refractivity contribution >= 4 is 23.4 Å². The van der Waals surface area contributed by atoms with Gasteiger partial charge in [0.15, 0.2) is 11.0 Å². The Bertz CT molecular complexity index is 1110. The van der Waals surface area contributed by atoms with Crippen LogP contribution in [0.5, 0.6) is 5.75 Å². The van der Waals surface area contributed by atoms with Crippen LogP contribution in [0.3, 0.4) is 0 Å². The van der Waals surface area contributed by atoms with E-state index in [2.05, 4.69) is 10.2 Å². The van der Waals surface area contributed by atoms with Gasteiger partial charge in [0.05, 0.1) is 6.61 Å². The van der Waals surface area contributed by atoms with Gasteiger partial charge in [0.2, 0.25) is 0 Å². The number of thioether (sulfide) groups is 1. The van der Waals surface area contributed by atoms with Crippen molar-refractivity contribution in [3.05, 3.63) is 89.2 Å². The Kier molecular flexibility index (Phi) is 6.35. The lowest BCUT2D eigenvalue weighted by Crippen LogP contribution is -2.03. The molecule has 0 aliphatic heterocycles. The third kappa shape index (κ3) is 4.83. The summed E-state index contributed by atoms with van der Waals surface area (Å²) in [6.45, 7) is 2.57. The summed E-state index contributed by atoms with van der Waals surface area (Å²) in [6, 6.07) is 21.6. The molecule has 0 atom stereocenters. The minimum Gasteiger partial charge on any atom is -0.493 e. The molecule has 0 spiro atoms. The number of hydrogen-bond donors (Lipinski definition) is 0. The van der Waals surface area contributed by atoms with Crippen molar-refractivity contribution < 1.29 is 9.13 Å². The monoisotopic (exact) mass is 439 g/mol. The van der Waals surface area contributed by atoms with Crippen molar-refractivity contribution in [3.8, 4) is 22.8 Å². The van der Waals surface area contributed by atoms with Crippen LogP contribution in [0.4, 0.5) is 4.39 Å². The summed E-state index contributed by atoms with van der Waals surface area (Å²) in [6.07, 6.45) is 0. The van der Waals surface area contributed by atoms with Gasteiger partial charge in [-0.15, -0.1) is 10.2 Å². The number of benzene rings is 3. The Balaban J connectivity index is 1.55. The first-order chi connectivity index (χ1) is 14.6. The van der Waals surface area contributed by atoms with Crippen LogP contribution in [0.15, 0.2) is 78.0 Å². The van der Waals surface area contributed by atoms with Gasteiger partial charge < -0.3 is 4.74 Å². The van der Waals surface area contributed by atoms with Gasteiger partial charge in [0, 0.05) is 22.0 Å². The van der Waals surface area contributed by atoms with Crippen molar-refractivity contribution in [2.45, 2.75) is 12.1 Å². The number of aromatic nitrogens is 3. The largest absolute Gasteiger partial charge is 0.493 e.